The highest BCUT2D eigenvalue weighted by molar-refractivity contribution is 5.87. The van der Waals surface area contributed by atoms with Crippen LogP contribution in [0.3, 0.4) is 0 Å². The summed E-state index contributed by atoms with van der Waals surface area (Å²) in [7, 11) is 1.51. The van der Waals surface area contributed by atoms with Gasteiger partial charge in [-0.05, 0) is 18.9 Å². The number of likely N-dealkylation sites (tertiary alicyclic amines) is 1. The number of piperidine rings is 1. The molecule has 1 aromatic heterocycles. The minimum atomic E-state index is -0.991. The van der Waals surface area contributed by atoms with E-state index in [0.717, 1.165) is 12.8 Å². The zero-order chi connectivity index (χ0) is 15.2. The molecule has 1 aliphatic heterocycles. The average molecular weight is 296 g/mol. The molecule has 116 valence electrons. The fourth-order valence-corrected chi connectivity index (χ4v) is 2.38. The minimum absolute atomic E-state index is 0.0214. The Hall–Kier alpha value is -1.86. The summed E-state index contributed by atoms with van der Waals surface area (Å²) in [6, 6.07) is 1.82. The molecule has 0 aromatic carbocycles. The van der Waals surface area contributed by atoms with Crippen LogP contribution in [0.4, 0.5) is 0 Å². The van der Waals surface area contributed by atoms with Gasteiger partial charge in [0, 0.05) is 26.2 Å². The molecule has 0 spiro atoms. The molecule has 7 heteroatoms. The summed E-state index contributed by atoms with van der Waals surface area (Å²) in [5.74, 6) is -0.367. The van der Waals surface area contributed by atoms with Gasteiger partial charge in [0.25, 0.3) is 0 Å². The van der Waals surface area contributed by atoms with Gasteiger partial charge in [0.15, 0.2) is 0 Å². The molecule has 0 saturated carbocycles. The summed E-state index contributed by atoms with van der Waals surface area (Å²) in [6.07, 6.45) is 2.97. The summed E-state index contributed by atoms with van der Waals surface area (Å²) in [4.78, 5) is 24.2. The van der Waals surface area contributed by atoms with Gasteiger partial charge in [-0.25, -0.2) is 4.79 Å². The van der Waals surface area contributed by atoms with Gasteiger partial charge in [0.2, 0.25) is 5.91 Å². The van der Waals surface area contributed by atoms with Crippen molar-refractivity contribution in [3.63, 3.8) is 0 Å². The highest BCUT2D eigenvalue weighted by Crippen LogP contribution is 2.13. The molecule has 2 heterocycles. The molecule has 2 N–H and O–H groups in total. The van der Waals surface area contributed by atoms with E-state index in [2.05, 4.69) is 5.32 Å². The number of rotatable bonds is 6. The number of amides is 1. The highest BCUT2D eigenvalue weighted by atomic mass is 16.5. The van der Waals surface area contributed by atoms with Crippen molar-refractivity contribution < 1.29 is 23.8 Å². The molecule has 21 heavy (non-hydrogen) atoms. The molecule has 0 atom stereocenters. The Morgan fingerprint density at radius 3 is 2.76 bits per heavy atom. The van der Waals surface area contributed by atoms with Gasteiger partial charge in [-0.15, -0.1) is 0 Å². The number of carboxylic acids is 1. The van der Waals surface area contributed by atoms with Crippen molar-refractivity contribution in [3.05, 3.63) is 23.7 Å². The van der Waals surface area contributed by atoms with Crippen LogP contribution in [0.25, 0.3) is 0 Å². The third kappa shape index (κ3) is 4.30. The summed E-state index contributed by atoms with van der Waals surface area (Å²) in [6.45, 7) is 2.03. The van der Waals surface area contributed by atoms with Crippen LogP contribution in [0.5, 0.6) is 0 Å². The van der Waals surface area contributed by atoms with E-state index in [0.29, 0.717) is 31.4 Å². The molecule has 0 unspecified atom stereocenters. The number of hydrogen-bond acceptors (Lipinski definition) is 5. The topological polar surface area (TPSA) is 92.0 Å². The Kier molecular flexibility index (Phi) is 5.35. The number of carbonyl (C=O) groups is 2. The van der Waals surface area contributed by atoms with Crippen LogP contribution in [-0.2, 0) is 16.1 Å². The Labute approximate surface area is 122 Å². The number of nitrogens with one attached hydrogen (secondary N) is 1. The number of carboxylic acid groups (broad SMARTS) is 1. The van der Waals surface area contributed by atoms with Crippen LogP contribution in [0, 0.1) is 0 Å². The lowest BCUT2D eigenvalue weighted by Gasteiger charge is -2.32. The van der Waals surface area contributed by atoms with E-state index in [-0.39, 0.29) is 18.1 Å². The number of nitrogens with zero attached hydrogens (tertiary/aromatic N) is 1. The predicted octanol–water partition coefficient (Wildman–Crippen LogP) is 0.705. The molecule has 0 bridgehead atoms. The lowest BCUT2D eigenvalue weighted by Crippen LogP contribution is -2.45. The summed E-state index contributed by atoms with van der Waals surface area (Å²) in [5, 5.41) is 12.1. The normalized spacial score (nSPS) is 16.1. The minimum Gasteiger partial charge on any atom is -0.478 e. The van der Waals surface area contributed by atoms with Crippen molar-refractivity contribution in [2.75, 3.05) is 26.8 Å². The van der Waals surface area contributed by atoms with E-state index in [9.17, 15) is 9.59 Å². The Bertz CT molecular complexity index is 491. The van der Waals surface area contributed by atoms with Crippen molar-refractivity contribution in [2.45, 2.75) is 25.4 Å². The largest absolute Gasteiger partial charge is 0.478 e. The second-order valence-corrected chi connectivity index (χ2v) is 5.08. The first-order valence-corrected chi connectivity index (χ1v) is 6.91. The van der Waals surface area contributed by atoms with Crippen molar-refractivity contribution in [1.29, 1.82) is 0 Å². The quantitative estimate of drug-likeness (QED) is 0.803. The van der Waals surface area contributed by atoms with Gasteiger partial charge in [0.1, 0.15) is 18.6 Å². The SMILES string of the molecule is COCC(=O)N1CCC(NCc2cc(C(=O)O)co2)CC1. The van der Waals surface area contributed by atoms with Crippen molar-refractivity contribution in [3.8, 4) is 0 Å². The molecule has 1 amide bonds. The lowest BCUT2D eigenvalue weighted by molar-refractivity contribution is -0.136. The maximum atomic E-state index is 11.7. The third-order valence-corrected chi connectivity index (χ3v) is 3.58. The first kappa shape index (κ1) is 15.5. The maximum absolute atomic E-state index is 11.7. The molecule has 2 rings (SSSR count). The molecule has 7 nitrogen and oxygen atoms in total. The van der Waals surface area contributed by atoms with Gasteiger partial charge in [-0.3, -0.25) is 4.79 Å². The molecule has 1 fully saturated rings. The second kappa shape index (κ2) is 7.24. The maximum Gasteiger partial charge on any atom is 0.338 e. The van der Waals surface area contributed by atoms with Gasteiger partial charge < -0.3 is 24.5 Å². The molecule has 1 aromatic rings. The summed E-state index contributed by atoms with van der Waals surface area (Å²) >= 11 is 0. The smallest absolute Gasteiger partial charge is 0.338 e. The second-order valence-electron chi connectivity index (χ2n) is 5.08. The zero-order valence-corrected chi connectivity index (χ0v) is 12.0. The van der Waals surface area contributed by atoms with Crippen LogP contribution in [-0.4, -0.2) is 54.7 Å². The number of ether oxygens (including phenoxy) is 1. The van der Waals surface area contributed by atoms with E-state index in [1.54, 1.807) is 4.90 Å². The first-order chi connectivity index (χ1) is 10.1. The summed E-state index contributed by atoms with van der Waals surface area (Å²) in [5.41, 5.74) is 0.159. The fourth-order valence-electron chi connectivity index (χ4n) is 2.38. The van der Waals surface area contributed by atoms with E-state index in [4.69, 9.17) is 14.3 Å². The predicted molar refractivity (Wildman–Crippen MR) is 74.0 cm³/mol. The van der Waals surface area contributed by atoms with Crippen LogP contribution in [0.1, 0.15) is 29.0 Å². The monoisotopic (exact) mass is 296 g/mol. The van der Waals surface area contributed by atoms with Gasteiger partial charge >= 0.3 is 5.97 Å². The first-order valence-electron chi connectivity index (χ1n) is 6.91. The molecule has 0 aliphatic carbocycles. The lowest BCUT2D eigenvalue weighted by atomic mass is 10.0. The Morgan fingerprint density at radius 1 is 1.48 bits per heavy atom. The van der Waals surface area contributed by atoms with Crippen molar-refractivity contribution in [1.82, 2.24) is 10.2 Å². The number of furan rings is 1. The Morgan fingerprint density at radius 2 is 2.19 bits per heavy atom. The molecule has 0 radical (unpaired) electrons. The van der Waals surface area contributed by atoms with Crippen LogP contribution >= 0.6 is 0 Å². The van der Waals surface area contributed by atoms with Crippen LogP contribution in [0.15, 0.2) is 16.7 Å². The van der Waals surface area contributed by atoms with Crippen molar-refractivity contribution in [2.24, 2.45) is 0 Å². The number of hydrogen-bond donors (Lipinski definition) is 2. The zero-order valence-electron chi connectivity index (χ0n) is 12.0. The fraction of sp³-hybridized carbons (Fsp3) is 0.571. The van der Waals surface area contributed by atoms with Crippen LogP contribution in [0.2, 0.25) is 0 Å². The van der Waals surface area contributed by atoms with Crippen LogP contribution < -0.4 is 5.32 Å². The molecular weight excluding hydrogens is 276 g/mol. The van der Waals surface area contributed by atoms with Gasteiger partial charge in [-0.2, -0.15) is 0 Å². The van der Waals surface area contributed by atoms with Gasteiger partial charge in [0.05, 0.1) is 12.1 Å². The van der Waals surface area contributed by atoms with E-state index < -0.39 is 5.97 Å². The Balaban J connectivity index is 1.73. The van der Waals surface area contributed by atoms with E-state index >= 15 is 0 Å². The van der Waals surface area contributed by atoms with Gasteiger partial charge in [-0.1, -0.05) is 0 Å². The van der Waals surface area contributed by atoms with E-state index in [1.165, 1.54) is 19.4 Å². The highest BCUT2D eigenvalue weighted by Gasteiger charge is 2.22. The van der Waals surface area contributed by atoms with Crippen molar-refractivity contribution >= 4 is 11.9 Å². The standard InChI is InChI=1S/C14H20N2O5/c1-20-9-13(17)16-4-2-11(3-5-16)15-7-12-6-10(8-21-12)14(18)19/h6,8,11,15H,2-5,7,9H2,1H3,(H,18,19). The average Bonchev–Trinajstić information content (AvgIpc) is 2.95. The number of aromatic carboxylic acids is 1. The third-order valence-electron chi connectivity index (χ3n) is 3.58. The molecule has 1 saturated heterocycles. The number of methoxy groups -OCH3 is 1. The molecular formula is C14H20N2O5. The molecule has 1 aliphatic rings. The number of carbonyl (C=O) groups excluding carboxylic acids is 1. The summed E-state index contributed by atoms with van der Waals surface area (Å²) < 4.78 is 10.0. The van der Waals surface area contributed by atoms with E-state index in [1.807, 2.05) is 0 Å².